The summed E-state index contributed by atoms with van der Waals surface area (Å²) in [6.07, 6.45) is 0. The van der Waals surface area contributed by atoms with Crippen molar-refractivity contribution >= 4 is 0 Å². The Morgan fingerprint density at radius 2 is 2.16 bits per heavy atom. The molecule has 0 saturated carbocycles. The summed E-state index contributed by atoms with van der Waals surface area (Å²) in [6.45, 7) is 4.52. The smallest absolute Gasteiger partial charge is 0.165 e. The first-order valence-electron chi connectivity index (χ1n) is 6.23. The molecule has 0 aliphatic heterocycles. The summed E-state index contributed by atoms with van der Waals surface area (Å²) in [5, 5.41) is 0. The number of nitrogens with zero attached hydrogens (tertiary/aromatic N) is 2. The molecule has 1 heterocycles. The summed E-state index contributed by atoms with van der Waals surface area (Å²) in [6, 6.07) is 4.94. The molecule has 0 spiro atoms. The second-order valence-corrected chi connectivity index (χ2v) is 4.30. The fourth-order valence-corrected chi connectivity index (χ4v) is 2.20. The second kappa shape index (κ2) is 5.40. The van der Waals surface area contributed by atoms with Crippen LogP contribution in [0.4, 0.5) is 4.39 Å². The number of halogens is 1. The molecule has 0 fully saturated rings. The number of rotatable bonds is 4. The number of aromatic nitrogens is 2. The van der Waals surface area contributed by atoms with E-state index in [9.17, 15) is 4.39 Å². The molecule has 0 amide bonds. The molecule has 2 aromatic rings. The van der Waals surface area contributed by atoms with Gasteiger partial charge in [0.1, 0.15) is 5.82 Å². The van der Waals surface area contributed by atoms with Crippen LogP contribution in [-0.4, -0.2) is 16.2 Å². The second-order valence-electron chi connectivity index (χ2n) is 4.30. The van der Waals surface area contributed by atoms with E-state index in [4.69, 9.17) is 10.5 Å². The maximum Gasteiger partial charge on any atom is 0.165 e. The Morgan fingerprint density at radius 3 is 2.68 bits per heavy atom. The number of nitrogens with two attached hydrogens (primary N) is 1. The molecule has 2 N–H and O–H groups in total. The van der Waals surface area contributed by atoms with Gasteiger partial charge in [0.05, 0.1) is 24.5 Å². The van der Waals surface area contributed by atoms with Gasteiger partial charge < -0.3 is 15.0 Å². The highest BCUT2D eigenvalue weighted by atomic mass is 19.1. The van der Waals surface area contributed by atoms with Gasteiger partial charge in [-0.05, 0) is 32.0 Å². The van der Waals surface area contributed by atoms with Crippen molar-refractivity contribution in [2.24, 2.45) is 12.8 Å². The molecule has 1 aromatic heterocycles. The van der Waals surface area contributed by atoms with Gasteiger partial charge in [-0.15, -0.1) is 0 Å². The van der Waals surface area contributed by atoms with Crippen LogP contribution in [0.1, 0.15) is 18.4 Å². The van der Waals surface area contributed by atoms with E-state index in [1.54, 1.807) is 6.07 Å². The van der Waals surface area contributed by atoms with Crippen LogP contribution in [0, 0.1) is 12.7 Å². The highest BCUT2D eigenvalue weighted by molar-refractivity contribution is 5.64. The van der Waals surface area contributed by atoms with Crippen LogP contribution < -0.4 is 10.5 Å². The number of ether oxygens (including phenoxy) is 1. The quantitative estimate of drug-likeness (QED) is 0.921. The van der Waals surface area contributed by atoms with Gasteiger partial charge in [-0.3, -0.25) is 0 Å². The van der Waals surface area contributed by atoms with Crippen molar-refractivity contribution < 1.29 is 9.13 Å². The molecule has 102 valence electrons. The lowest BCUT2D eigenvalue weighted by molar-refractivity contribution is 0.321. The van der Waals surface area contributed by atoms with Crippen LogP contribution in [0.2, 0.25) is 0 Å². The maximum absolute atomic E-state index is 13.9. The van der Waals surface area contributed by atoms with E-state index < -0.39 is 0 Å². The molecule has 1 aromatic carbocycles. The molecule has 5 heteroatoms. The normalized spacial score (nSPS) is 10.8. The van der Waals surface area contributed by atoms with Crippen LogP contribution in [0.25, 0.3) is 11.3 Å². The number of hydrogen-bond acceptors (Lipinski definition) is 3. The van der Waals surface area contributed by atoms with Gasteiger partial charge in [0.15, 0.2) is 11.6 Å². The minimum atomic E-state index is -0.366. The molecule has 0 saturated heterocycles. The number of benzene rings is 1. The third-order valence-electron chi connectivity index (χ3n) is 3.05. The molecular weight excluding hydrogens is 245 g/mol. The minimum Gasteiger partial charge on any atom is -0.491 e. The van der Waals surface area contributed by atoms with Gasteiger partial charge in [-0.2, -0.15) is 0 Å². The third kappa shape index (κ3) is 2.46. The standard InChI is InChI=1S/C14H18FN3O/c1-4-19-12-6-5-10(7-11(12)15)14-9(2)17-13(8-16)18(14)3/h5-7H,4,8,16H2,1-3H3. The van der Waals surface area contributed by atoms with Crippen molar-refractivity contribution in [3.8, 4) is 17.0 Å². The largest absolute Gasteiger partial charge is 0.491 e. The predicted molar refractivity (Wildman–Crippen MR) is 72.4 cm³/mol. The lowest BCUT2D eigenvalue weighted by Gasteiger charge is -2.09. The molecule has 0 aliphatic rings. The first-order chi connectivity index (χ1) is 9.08. The minimum absolute atomic E-state index is 0.269. The molecule has 0 unspecified atom stereocenters. The maximum atomic E-state index is 13.9. The zero-order chi connectivity index (χ0) is 14.0. The van der Waals surface area contributed by atoms with Crippen molar-refractivity contribution in [1.82, 2.24) is 9.55 Å². The van der Waals surface area contributed by atoms with E-state index in [1.807, 2.05) is 31.5 Å². The van der Waals surface area contributed by atoms with Gasteiger partial charge in [0.25, 0.3) is 0 Å². The van der Waals surface area contributed by atoms with E-state index in [-0.39, 0.29) is 11.6 Å². The van der Waals surface area contributed by atoms with E-state index in [0.29, 0.717) is 13.2 Å². The number of hydrogen-bond donors (Lipinski definition) is 1. The van der Waals surface area contributed by atoms with Crippen molar-refractivity contribution in [2.75, 3.05) is 6.61 Å². The Morgan fingerprint density at radius 1 is 1.42 bits per heavy atom. The van der Waals surface area contributed by atoms with E-state index in [1.165, 1.54) is 6.07 Å². The van der Waals surface area contributed by atoms with Gasteiger partial charge in [-0.1, -0.05) is 0 Å². The van der Waals surface area contributed by atoms with Crippen molar-refractivity contribution in [2.45, 2.75) is 20.4 Å². The zero-order valence-corrected chi connectivity index (χ0v) is 11.4. The van der Waals surface area contributed by atoms with Gasteiger partial charge >= 0.3 is 0 Å². The summed E-state index contributed by atoms with van der Waals surface area (Å²) in [4.78, 5) is 4.38. The van der Waals surface area contributed by atoms with Crippen LogP contribution in [0.3, 0.4) is 0 Å². The van der Waals surface area contributed by atoms with Gasteiger partial charge in [0.2, 0.25) is 0 Å². The monoisotopic (exact) mass is 263 g/mol. The van der Waals surface area contributed by atoms with Crippen LogP contribution in [0.15, 0.2) is 18.2 Å². The molecule has 0 aliphatic carbocycles. The van der Waals surface area contributed by atoms with E-state index in [2.05, 4.69) is 4.98 Å². The molecule has 2 rings (SSSR count). The summed E-state index contributed by atoms with van der Waals surface area (Å²) in [7, 11) is 1.88. The lowest BCUT2D eigenvalue weighted by Crippen LogP contribution is -2.05. The van der Waals surface area contributed by atoms with Gasteiger partial charge in [-0.25, -0.2) is 9.37 Å². The van der Waals surface area contributed by atoms with Gasteiger partial charge in [0, 0.05) is 12.6 Å². The average Bonchev–Trinajstić information content (AvgIpc) is 2.67. The first kappa shape index (κ1) is 13.5. The summed E-state index contributed by atoms with van der Waals surface area (Å²) >= 11 is 0. The highest BCUT2D eigenvalue weighted by Crippen LogP contribution is 2.28. The van der Waals surface area contributed by atoms with Crippen molar-refractivity contribution in [3.63, 3.8) is 0 Å². The lowest BCUT2D eigenvalue weighted by atomic mass is 10.1. The summed E-state index contributed by atoms with van der Waals surface area (Å²) in [5.41, 5.74) is 8.12. The molecule has 0 bridgehead atoms. The first-order valence-corrected chi connectivity index (χ1v) is 6.23. The molecular formula is C14H18FN3O. The average molecular weight is 263 g/mol. The fourth-order valence-electron chi connectivity index (χ4n) is 2.20. The Kier molecular flexibility index (Phi) is 3.85. The van der Waals surface area contributed by atoms with E-state index >= 15 is 0 Å². The predicted octanol–water partition coefficient (Wildman–Crippen LogP) is 2.39. The highest BCUT2D eigenvalue weighted by Gasteiger charge is 2.14. The molecule has 0 radical (unpaired) electrons. The molecule has 19 heavy (non-hydrogen) atoms. The summed E-state index contributed by atoms with van der Waals surface area (Å²) in [5.74, 6) is 0.682. The Bertz CT molecular complexity index is 593. The fraction of sp³-hybridized carbons (Fsp3) is 0.357. The van der Waals surface area contributed by atoms with Crippen molar-refractivity contribution in [1.29, 1.82) is 0 Å². The van der Waals surface area contributed by atoms with Crippen molar-refractivity contribution in [3.05, 3.63) is 35.5 Å². The van der Waals surface area contributed by atoms with Crippen LogP contribution >= 0.6 is 0 Å². The SMILES string of the molecule is CCOc1ccc(-c2c(C)nc(CN)n2C)cc1F. The van der Waals surface area contributed by atoms with Crippen LogP contribution in [-0.2, 0) is 13.6 Å². The zero-order valence-electron chi connectivity index (χ0n) is 11.4. The number of imidazole rings is 1. The molecule has 4 nitrogen and oxygen atoms in total. The third-order valence-corrected chi connectivity index (χ3v) is 3.05. The summed E-state index contributed by atoms with van der Waals surface area (Å²) < 4.78 is 21.0. The number of aryl methyl sites for hydroxylation is 1. The van der Waals surface area contributed by atoms with E-state index in [0.717, 1.165) is 22.8 Å². The Hall–Kier alpha value is -1.88. The molecule has 0 atom stereocenters. The Balaban J connectivity index is 2.48. The topological polar surface area (TPSA) is 53.1 Å². The Labute approximate surface area is 112 Å². The van der Waals surface area contributed by atoms with Crippen LogP contribution in [0.5, 0.6) is 5.75 Å².